The lowest BCUT2D eigenvalue weighted by molar-refractivity contribution is -0.139. The summed E-state index contributed by atoms with van der Waals surface area (Å²) in [6.07, 6.45) is 4.91. The molecule has 3 aromatic rings. The average Bonchev–Trinajstić information content (AvgIpc) is 2.87. The normalized spacial score (nSPS) is 16.0. The molecule has 0 bridgehead atoms. The number of piperazine rings is 1. The standard InChI is InChI=1S/C27H31N3O5S/c1-2-3-26(27(32)33)28-36(34,35)30-16-14-29(15-17-30)24-11-7-20(8-12-24)4-5-21-6-9-23-19-25(31)13-10-22(23)18-21/h4-13,18-19,26,28,31H,2-3,14-17H2,1H3,(H,32,33)/b5-4+/t26-/m0/s1. The average molecular weight is 510 g/mol. The number of hydrogen-bond acceptors (Lipinski definition) is 5. The quantitative estimate of drug-likeness (QED) is 0.377. The molecule has 8 nitrogen and oxygen atoms in total. The number of anilines is 1. The summed E-state index contributed by atoms with van der Waals surface area (Å²) in [5.41, 5.74) is 3.12. The summed E-state index contributed by atoms with van der Waals surface area (Å²) in [4.78, 5) is 13.5. The Morgan fingerprint density at radius 2 is 1.56 bits per heavy atom. The molecule has 1 heterocycles. The molecule has 0 amide bonds. The van der Waals surface area contributed by atoms with Crippen LogP contribution in [-0.2, 0) is 15.0 Å². The van der Waals surface area contributed by atoms with Gasteiger partial charge in [0.05, 0.1) is 0 Å². The van der Waals surface area contributed by atoms with Crippen molar-refractivity contribution in [2.75, 3.05) is 31.1 Å². The van der Waals surface area contributed by atoms with Gasteiger partial charge in [0.2, 0.25) is 0 Å². The molecular weight excluding hydrogens is 478 g/mol. The van der Waals surface area contributed by atoms with E-state index in [2.05, 4.69) is 15.7 Å². The summed E-state index contributed by atoms with van der Waals surface area (Å²) in [5, 5.41) is 20.9. The maximum atomic E-state index is 12.7. The number of carboxylic acids is 1. The zero-order valence-corrected chi connectivity index (χ0v) is 21.0. The Labute approximate surface area is 211 Å². The van der Waals surface area contributed by atoms with Gasteiger partial charge >= 0.3 is 5.97 Å². The highest BCUT2D eigenvalue weighted by molar-refractivity contribution is 7.87. The minimum atomic E-state index is -3.86. The van der Waals surface area contributed by atoms with Gasteiger partial charge in [-0.15, -0.1) is 0 Å². The smallest absolute Gasteiger partial charge is 0.321 e. The van der Waals surface area contributed by atoms with Crippen molar-refractivity contribution in [3.8, 4) is 5.75 Å². The van der Waals surface area contributed by atoms with Crippen LogP contribution in [0.25, 0.3) is 22.9 Å². The molecular formula is C27H31N3O5S. The van der Waals surface area contributed by atoms with Crippen molar-refractivity contribution in [3.05, 3.63) is 71.8 Å². The lowest BCUT2D eigenvalue weighted by Crippen LogP contribution is -2.54. The molecule has 4 rings (SSSR count). The van der Waals surface area contributed by atoms with Gasteiger partial charge in [-0.2, -0.15) is 17.4 Å². The molecule has 9 heteroatoms. The Balaban J connectivity index is 1.35. The first-order valence-corrected chi connectivity index (χ1v) is 13.5. The summed E-state index contributed by atoms with van der Waals surface area (Å²) in [7, 11) is -3.86. The first-order chi connectivity index (χ1) is 17.2. The SMILES string of the molecule is CCC[C@H](NS(=O)(=O)N1CCN(c2ccc(/C=C/c3ccc4cc(O)ccc4c3)cc2)CC1)C(=O)O. The minimum absolute atomic E-state index is 0.251. The highest BCUT2D eigenvalue weighted by Gasteiger charge is 2.31. The van der Waals surface area contributed by atoms with Crippen LogP contribution in [0.5, 0.6) is 5.75 Å². The maximum Gasteiger partial charge on any atom is 0.321 e. The number of phenolic OH excluding ortho intramolecular Hbond substituents is 1. The highest BCUT2D eigenvalue weighted by Crippen LogP contribution is 2.23. The van der Waals surface area contributed by atoms with Crippen LogP contribution in [0.1, 0.15) is 30.9 Å². The van der Waals surface area contributed by atoms with Gasteiger partial charge in [-0.25, -0.2) is 0 Å². The van der Waals surface area contributed by atoms with Crippen LogP contribution in [-0.4, -0.2) is 61.1 Å². The van der Waals surface area contributed by atoms with Crippen molar-refractivity contribution < 1.29 is 23.4 Å². The highest BCUT2D eigenvalue weighted by atomic mass is 32.2. The Hall–Kier alpha value is -3.40. The van der Waals surface area contributed by atoms with E-state index in [1.165, 1.54) is 4.31 Å². The number of hydrogen-bond donors (Lipinski definition) is 3. The predicted molar refractivity (Wildman–Crippen MR) is 143 cm³/mol. The van der Waals surface area contributed by atoms with Gasteiger partial charge in [0.25, 0.3) is 10.2 Å². The number of rotatable bonds is 9. The summed E-state index contributed by atoms with van der Waals surface area (Å²) in [5.74, 6) is -0.904. The largest absolute Gasteiger partial charge is 0.508 e. The summed E-state index contributed by atoms with van der Waals surface area (Å²) >= 11 is 0. The van der Waals surface area contributed by atoms with Gasteiger partial charge in [-0.1, -0.05) is 55.8 Å². The number of carbonyl (C=O) groups is 1. The van der Waals surface area contributed by atoms with Gasteiger partial charge in [0.15, 0.2) is 0 Å². The zero-order valence-electron chi connectivity index (χ0n) is 20.2. The number of carboxylic acid groups (broad SMARTS) is 1. The second kappa shape index (κ2) is 11.1. The van der Waals surface area contributed by atoms with Crippen molar-refractivity contribution >= 4 is 44.8 Å². The third kappa shape index (κ3) is 6.23. The van der Waals surface area contributed by atoms with Crippen LogP contribution in [0.3, 0.4) is 0 Å². The number of aromatic hydroxyl groups is 1. The van der Waals surface area contributed by atoms with Crippen molar-refractivity contribution in [1.82, 2.24) is 9.03 Å². The van der Waals surface area contributed by atoms with Gasteiger partial charge in [0.1, 0.15) is 11.8 Å². The van der Waals surface area contributed by atoms with Crippen LogP contribution >= 0.6 is 0 Å². The molecule has 1 fully saturated rings. The molecule has 1 aliphatic heterocycles. The van der Waals surface area contributed by atoms with Crippen molar-refractivity contribution in [2.45, 2.75) is 25.8 Å². The van der Waals surface area contributed by atoms with Crippen molar-refractivity contribution in [2.24, 2.45) is 0 Å². The van der Waals surface area contributed by atoms with Crippen LogP contribution < -0.4 is 9.62 Å². The molecule has 0 radical (unpaired) electrons. The third-order valence-electron chi connectivity index (χ3n) is 6.32. The molecule has 1 aliphatic rings. The second-order valence-corrected chi connectivity index (χ2v) is 10.6. The topological polar surface area (TPSA) is 110 Å². The van der Waals surface area contributed by atoms with Gasteiger partial charge in [-0.05, 0) is 58.7 Å². The van der Waals surface area contributed by atoms with E-state index in [1.807, 2.05) is 61.5 Å². The first kappa shape index (κ1) is 25.7. The molecule has 0 aliphatic carbocycles. The molecule has 0 spiro atoms. The van der Waals surface area contributed by atoms with Crippen LogP contribution in [0.2, 0.25) is 0 Å². The summed E-state index contributed by atoms with van der Waals surface area (Å²) in [6.45, 7) is 3.44. The molecule has 0 unspecified atom stereocenters. The van der Waals surface area contributed by atoms with E-state index in [4.69, 9.17) is 0 Å². The molecule has 1 atom stereocenters. The van der Waals surface area contributed by atoms with Crippen LogP contribution in [0, 0.1) is 0 Å². The fraction of sp³-hybridized carbons (Fsp3) is 0.296. The molecule has 1 saturated heterocycles. The van der Waals surface area contributed by atoms with Crippen molar-refractivity contribution in [1.29, 1.82) is 0 Å². The Morgan fingerprint density at radius 1 is 0.944 bits per heavy atom. The van der Waals surface area contributed by atoms with Gasteiger partial charge in [0, 0.05) is 31.9 Å². The first-order valence-electron chi connectivity index (χ1n) is 12.0. The third-order valence-corrected chi connectivity index (χ3v) is 7.95. The number of phenols is 1. The molecule has 36 heavy (non-hydrogen) atoms. The van der Waals surface area contributed by atoms with Gasteiger partial charge < -0.3 is 15.1 Å². The van der Waals surface area contributed by atoms with E-state index in [0.29, 0.717) is 19.5 Å². The van der Waals surface area contributed by atoms with E-state index in [9.17, 15) is 23.4 Å². The molecule has 3 N–H and O–H groups in total. The fourth-order valence-corrected chi connectivity index (χ4v) is 5.68. The Morgan fingerprint density at radius 3 is 2.22 bits per heavy atom. The van der Waals surface area contributed by atoms with E-state index < -0.39 is 22.2 Å². The number of nitrogens with zero attached hydrogens (tertiary/aromatic N) is 2. The van der Waals surface area contributed by atoms with Crippen molar-refractivity contribution in [3.63, 3.8) is 0 Å². The fourth-order valence-electron chi connectivity index (χ4n) is 4.31. The van der Waals surface area contributed by atoms with Crippen LogP contribution in [0.15, 0.2) is 60.7 Å². The Bertz CT molecular complexity index is 1350. The van der Waals surface area contributed by atoms with Gasteiger partial charge in [-0.3, -0.25) is 4.79 Å². The van der Waals surface area contributed by atoms with Crippen LogP contribution in [0.4, 0.5) is 5.69 Å². The lowest BCUT2D eigenvalue weighted by Gasteiger charge is -2.35. The molecule has 3 aromatic carbocycles. The predicted octanol–water partition coefficient (Wildman–Crippen LogP) is 3.93. The summed E-state index contributed by atoms with van der Waals surface area (Å²) < 4.78 is 29.0. The molecule has 0 saturated carbocycles. The number of nitrogens with one attached hydrogen (secondary N) is 1. The van der Waals surface area contributed by atoms with E-state index >= 15 is 0 Å². The molecule has 0 aromatic heterocycles. The second-order valence-electron chi connectivity index (χ2n) is 8.90. The van der Waals surface area contributed by atoms with E-state index in [1.54, 1.807) is 12.1 Å². The van der Waals surface area contributed by atoms with E-state index in [-0.39, 0.29) is 25.3 Å². The zero-order chi connectivity index (χ0) is 25.7. The summed E-state index contributed by atoms with van der Waals surface area (Å²) in [6, 6.07) is 18.4. The number of fused-ring (bicyclic) bond motifs is 1. The Kier molecular flexibility index (Phi) is 7.93. The van der Waals surface area contributed by atoms with E-state index in [0.717, 1.165) is 27.6 Å². The number of benzene rings is 3. The lowest BCUT2D eigenvalue weighted by atomic mass is 10.1. The minimum Gasteiger partial charge on any atom is -0.508 e. The maximum absolute atomic E-state index is 12.7. The molecule has 190 valence electrons. The monoisotopic (exact) mass is 509 g/mol. The number of aliphatic carboxylic acids is 1.